The molecule has 1 N–H and O–H groups in total. The predicted octanol–water partition coefficient (Wildman–Crippen LogP) is 4.42. The lowest BCUT2D eigenvalue weighted by Gasteiger charge is -2.17. The lowest BCUT2D eigenvalue weighted by Crippen LogP contribution is -2.27. The summed E-state index contributed by atoms with van der Waals surface area (Å²) in [6.45, 7) is 20.3. The van der Waals surface area contributed by atoms with Crippen LogP contribution in [0, 0.1) is 5.92 Å². The predicted molar refractivity (Wildman–Crippen MR) is 74.4 cm³/mol. The molecule has 1 heteroatoms. The number of rotatable bonds is 0. The molecule has 92 valence electrons. The maximum absolute atomic E-state index is 3.36. The van der Waals surface area contributed by atoms with Gasteiger partial charge < -0.3 is 5.32 Å². The van der Waals surface area contributed by atoms with Gasteiger partial charge in [0.2, 0.25) is 0 Å². The molecule has 15 heavy (non-hydrogen) atoms. The maximum atomic E-state index is 3.36. The number of hydrogen-bond donors (Lipinski definition) is 1. The molecule has 0 radical (unpaired) electrons. The highest BCUT2D eigenvalue weighted by Crippen LogP contribution is 2.06. The van der Waals surface area contributed by atoms with Crippen molar-refractivity contribution in [1.29, 1.82) is 0 Å². The molecular weight excluding hydrogens is 182 g/mol. The SMILES string of the molecule is C=C.C=CC.CC1CCCNC1.CCC. The molecule has 0 aromatic carbocycles. The van der Waals surface area contributed by atoms with Crippen LogP contribution in [0.5, 0.6) is 0 Å². The highest BCUT2D eigenvalue weighted by atomic mass is 14.9. The Kier molecular flexibility index (Phi) is 31.0. The van der Waals surface area contributed by atoms with Crippen LogP contribution in [0.1, 0.15) is 47.0 Å². The number of allylic oxidation sites excluding steroid dienone is 1. The molecule has 1 aliphatic heterocycles. The summed E-state index contributed by atoms with van der Waals surface area (Å²) in [5, 5.41) is 3.33. The minimum Gasteiger partial charge on any atom is -0.316 e. The van der Waals surface area contributed by atoms with Crippen LogP contribution in [0.25, 0.3) is 0 Å². The second-order valence-corrected chi connectivity index (χ2v) is 3.57. The van der Waals surface area contributed by atoms with Crippen molar-refractivity contribution < 1.29 is 0 Å². The van der Waals surface area contributed by atoms with E-state index in [2.05, 4.69) is 45.8 Å². The van der Waals surface area contributed by atoms with Gasteiger partial charge in [0.15, 0.2) is 0 Å². The Morgan fingerprint density at radius 1 is 1.33 bits per heavy atom. The van der Waals surface area contributed by atoms with Gasteiger partial charge in [-0.3, -0.25) is 0 Å². The second-order valence-electron chi connectivity index (χ2n) is 3.57. The van der Waals surface area contributed by atoms with Crippen molar-refractivity contribution in [2.24, 2.45) is 5.92 Å². The molecule has 0 aromatic heterocycles. The first-order valence-electron chi connectivity index (χ1n) is 6.00. The zero-order valence-electron chi connectivity index (χ0n) is 11.3. The third-order valence-corrected chi connectivity index (χ3v) is 1.54. The normalized spacial score (nSPS) is 17.7. The summed E-state index contributed by atoms with van der Waals surface area (Å²) >= 11 is 0. The van der Waals surface area contributed by atoms with Crippen LogP contribution in [0.4, 0.5) is 0 Å². The van der Waals surface area contributed by atoms with Gasteiger partial charge in [-0.1, -0.05) is 33.3 Å². The first kappa shape index (κ1) is 19.9. The molecule has 1 fully saturated rings. The van der Waals surface area contributed by atoms with Gasteiger partial charge in [-0.25, -0.2) is 0 Å². The van der Waals surface area contributed by atoms with Gasteiger partial charge >= 0.3 is 0 Å². The number of piperidine rings is 1. The van der Waals surface area contributed by atoms with Crippen molar-refractivity contribution >= 4 is 0 Å². The molecule has 1 saturated heterocycles. The van der Waals surface area contributed by atoms with E-state index >= 15 is 0 Å². The fourth-order valence-electron chi connectivity index (χ4n) is 1.03. The largest absolute Gasteiger partial charge is 0.316 e. The molecule has 0 spiro atoms. The molecular formula is C14H31N. The van der Waals surface area contributed by atoms with E-state index in [4.69, 9.17) is 0 Å². The van der Waals surface area contributed by atoms with Crippen molar-refractivity contribution in [1.82, 2.24) is 5.32 Å². The van der Waals surface area contributed by atoms with Crippen molar-refractivity contribution in [3.63, 3.8) is 0 Å². The molecule has 0 bridgehead atoms. The van der Waals surface area contributed by atoms with Gasteiger partial charge in [0.25, 0.3) is 0 Å². The van der Waals surface area contributed by atoms with Crippen LogP contribution >= 0.6 is 0 Å². The average molecular weight is 213 g/mol. The minimum atomic E-state index is 0.925. The molecule has 1 atom stereocenters. The van der Waals surface area contributed by atoms with Crippen molar-refractivity contribution in [3.05, 3.63) is 25.8 Å². The van der Waals surface area contributed by atoms with E-state index in [1.54, 1.807) is 6.08 Å². The second kappa shape index (κ2) is 23.3. The quantitative estimate of drug-likeness (QED) is 0.587. The Bertz CT molecular complexity index is 93.5. The Hall–Kier alpha value is -0.560. The Morgan fingerprint density at radius 3 is 1.87 bits per heavy atom. The van der Waals surface area contributed by atoms with Crippen molar-refractivity contribution in [2.75, 3.05) is 13.1 Å². The summed E-state index contributed by atoms with van der Waals surface area (Å²) < 4.78 is 0. The Morgan fingerprint density at radius 2 is 1.73 bits per heavy atom. The van der Waals surface area contributed by atoms with E-state index in [-0.39, 0.29) is 0 Å². The van der Waals surface area contributed by atoms with Crippen LogP contribution in [0.3, 0.4) is 0 Å². The van der Waals surface area contributed by atoms with Crippen LogP contribution in [-0.2, 0) is 0 Å². The van der Waals surface area contributed by atoms with Gasteiger partial charge in [-0.05, 0) is 38.8 Å². The Balaban J connectivity index is -0.000000154. The highest BCUT2D eigenvalue weighted by molar-refractivity contribution is 4.63. The Labute approximate surface area is 97.7 Å². The molecule has 0 amide bonds. The maximum Gasteiger partial charge on any atom is -0.00231 e. The minimum absolute atomic E-state index is 0.925. The monoisotopic (exact) mass is 213 g/mol. The van der Waals surface area contributed by atoms with Gasteiger partial charge in [-0.2, -0.15) is 0 Å². The standard InChI is InChI=1S/C6H13N.C3H8.C3H6.C2H4/c1-6-3-2-4-7-5-6;2*1-3-2;1-2/h6-7H,2-5H2,1H3;3H2,1-2H3;3H,1H2,2H3;1-2H2. The summed E-state index contributed by atoms with van der Waals surface area (Å²) in [7, 11) is 0. The third kappa shape index (κ3) is 31.8. The van der Waals surface area contributed by atoms with Crippen LogP contribution in [-0.4, -0.2) is 13.1 Å². The first-order chi connectivity index (χ1) is 7.22. The molecule has 0 aliphatic carbocycles. The summed E-state index contributed by atoms with van der Waals surface area (Å²) in [6.07, 6.45) is 5.80. The molecule has 1 rings (SSSR count). The number of nitrogens with one attached hydrogen (secondary N) is 1. The lowest BCUT2D eigenvalue weighted by atomic mass is 10.0. The van der Waals surface area contributed by atoms with Crippen molar-refractivity contribution in [2.45, 2.75) is 47.0 Å². The smallest absolute Gasteiger partial charge is 0.00231 e. The molecule has 0 aromatic rings. The van der Waals surface area contributed by atoms with E-state index < -0.39 is 0 Å². The van der Waals surface area contributed by atoms with Crippen molar-refractivity contribution in [3.8, 4) is 0 Å². The van der Waals surface area contributed by atoms with Crippen LogP contribution in [0.15, 0.2) is 25.8 Å². The van der Waals surface area contributed by atoms with Gasteiger partial charge in [0.05, 0.1) is 0 Å². The molecule has 1 unspecified atom stereocenters. The molecule has 1 aliphatic rings. The molecule has 1 nitrogen and oxygen atoms in total. The first-order valence-corrected chi connectivity index (χ1v) is 6.00. The zero-order valence-corrected chi connectivity index (χ0v) is 11.3. The molecule has 0 saturated carbocycles. The third-order valence-electron chi connectivity index (χ3n) is 1.54. The number of hydrogen-bond acceptors (Lipinski definition) is 1. The van der Waals surface area contributed by atoms with E-state index in [1.165, 1.54) is 32.4 Å². The van der Waals surface area contributed by atoms with E-state index in [0.717, 1.165) is 5.92 Å². The summed E-state index contributed by atoms with van der Waals surface area (Å²) in [5.74, 6) is 0.925. The van der Waals surface area contributed by atoms with Crippen LogP contribution < -0.4 is 5.32 Å². The van der Waals surface area contributed by atoms with E-state index in [1.807, 2.05) is 6.92 Å². The van der Waals surface area contributed by atoms with Crippen LogP contribution in [0.2, 0.25) is 0 Å². The summed E-state index contributed by atoms with van der Waals surface area (Å²) in [4.78, 5) is 0. The fourth-order valence-corrected chi connectivity index (χ4v) is 1.03. The topological polar surface area (TPSA) is 12.0 Å². The average Bonchev–Trinajstić information content (AvgIpc) is 2.24. The summed E-state index contributed by atoms with van der Waals surface area (Å²) in [6, 6.07) is 0. The lowest BCUT2D eigenvalue weighted by molar-refractivity contribution is 0.405. The van der Waals surface area contributed by atoms with Gasteiger partial charge in [-0.15, -0.1) is 19.7 Å². The van der Waals surface area contributed by atoms with E-state index in [0.29, 0.717) is 0 Å². The van der Waals surface area contributed by atoms with E-state index in [9.17, 15) is 0 Å². The van der Waals surface area contributed by atoms with Gasteiger partial charge in [0.1, 0.15) is 0 Å². The fraction of sp³-hybridized carbons (Fsp3) is 0.714. The zero-order chi connectivity index (χ0) is 12.5. The molecule has 1 heterocycles. The van der Waals surface area contributed by atoms with Gasteiger partial charge in [0, 0.05) is 0 Å². The summed E-state index contributed by atoms with van der Waals surface area (Å²) in [5.41, 5.74) is 0. The highest BCUT2D eigenvalue weighted by Gasteiger charge is 2.04.